The van der Waals surface area contributed by atoms with Crippen LogP contribution in [0.15, 0.2) is 34.8 Å². The molecule has 21 heavy (non-hydrogen) atoms. The molecule has 6 heteroatoms. The van der Waals surface area contributed by atoms with Crippen molar-refractivity contribution in [2.24, 2.45) is 0 Å². The first kappa shape index (κ1) is 15.9. The lowest BCUT2D eigenvalue weighted by molar-refractivity contribution is 0.388. The van der Waals surface area contributed by atoms with Crippen molar-refractivity contribution >= 4 is 15.9 Å². The minimum Gasteiger partial charge on any atom is -0.451 e. The van der Waals surface area contributed by atoms with Crippen molar-refractivity contribution in [1.82, 2.24) is 5.32 Å². The van der Waals surface area contributed by atoms with Crippen molar-refractivity contribution in [1.29, 1.82) is 0 Å². The average molecular weight is 360 g/mol. The predicted molar refractivity (Wildman–Crippen MR) is 78.0 cm³/mol. The van der Waals surface area contributed by atoms with Gasteiger partial charge in [0.15, 0.2) is 23.1 Å². The predicted octanol–water partition coefficient (Wildman–Crippen LogP) is 4.94. The molecule has 0 aliphatic rings. The molecule has 1 atom stereocenters. The van der Waals surface area contributed by atoms with Gasteiger partial charge in [-0.15, -0.1) is 0 Å². The normalized spacial score (nSPS) is 12.3. The lowest BCUT2D eigenvalue weighted by atomic mass is 10.1. The Labute approximate surface area is 129 Å². The molecule has 0 saturated carbocycles. The van der Waals surface area contributed by atoms with Crippen molar-refractivity contribution < 1.29 is 17.9 Å². The molecule has 0 fully saturated rings. The summed E-state index contributed by atoms with van der Waals surface area (Å²) in [7, 11) is 1.71. The van der Waals surface area contributed by atoms with Gasteiger partial charge in [0, 0.05) is 16.1 Å². The minimum atomic E-state index is -1.16. The van der Waals surface area contributed by atoms with E-state index in [0.29, 0.717) is 10.0 Å². The number of ether oxygens (including phenoxy) is 1. The van der Waals surface area contributed by atoms with Gasteiger partial charge in [0.1, 0.15) is 0 Å². The first-order valence-electron chi connectivity index (χ1n) is 6.22. The number of rotatable bonds is 4. The monoisotopic (exact) mass is 359 g/mol. The largest absolute Gasteiger partial charge is 0.451 e. The lowest BCUT2D eigenvalue weighted by Crippen LogP contribution is -2.14. The summed E-state index contributed by atoms with van der Waals surface area (Å²) in [4.78, 5) is 0. The zero-order valence-corrected chi connectivity index (χ0v) is 13.0. The fourth-order valence-electron chi connectivity index (χ4n) is 1.85. The van der Waals surface area contributed by atoms with Crippen LogP contribution in [0.4, 0.5) is 13.2 Å². The molecule has 0 bridgehead atoms. The zero-order chi connectivity index (χ0) is 15.6. The van der Waals surface area contributed by atoms with E-state index in [4.69, 9.17) is 4.74 Å². The van der Waals surface area contributed by atoms with Crippen LogP contribution in [0.2, 0.25) is 0 Å². The van der Waals surface area contributed by atoms with E-state index in [1.54, 1.807) is 20.0 Å². The van der Waals surface area contributed by atoms with Crippen molar-refractivity contribution in [2.45, 2.75) is 13.0 Å². The van der Waals surface area contributed by atoms with Gasteiger partial charge < -0.3 is 10.1 Å². The molecule has 2 aromatic rings. The van der Waals surface area contributed by atoms with Crippen molar-refractivity contribution in [3.8, 4) is 11.5 Å². The van der Waals surface area contributed by atoms with Crippen LogP contribution in [0.5, 0.6) is 11.5 Å². The van der Waals surface area contributed by atoms with E-state index in [1.807, 2.05) is 0 Å². The SMILES string of the molecule is CNC(C)c1cccc(F)c1Oc1cc(Br)cc(F)c1F. The van der Waals surface area contributed by atoms with Crippen LogP contribution in [-0.2, 0) is 0 Å². The Bertz CT molecular complexity index is 664. The Morgan fingerprint density at radius 3 is 2.52 bits per heavy atom. The molecule has 0 aromatic heterocycles. The second-order valence-corrected chi connectivity index (χ2v) is 5.39. The van der Waals surface area contributed by atoms with Crippen molar-refractivity contribution in [3.63, 3.8) is 0 Å². The Kier molecular flexibility index (Phi) is 4.90. The van der Waals surface area contributed by atoms with Crippen LogP contribution < -0.4 is 10.1 Å². The van der Waals surface area contributed by atoms with Gasteiger partial charge in [-0.25, -0.2) is 8.78 Å². The number of hydrogen-bond donors (Lipinski definition) is 1. The summed E-state index contributed by atoms with van der Waals surface area (Å²) >= 11 is 3.05. The molecule has 2 aromatic carbocycles. The van der Waals surface area contributed by atoms with Crippen LogP contribution in [0, 0.1) is 17.5 Å². The van der Waals surface area contributed by atoms with E-state index in [0.717, 1.165) is 6.07 Å². The highest BCUT2D eigenvalue weighted by molar-refractivity contribution is 9.10. The topological polar surface area (TPSA) is 21.3 Å². The molecular weight excluding hydrogens is 347 g/mol. The highest BCUT2D eigenvalue weighted by Crippen LogP contribution is 2.35. The maximum atomic E-state index is 14.0. The number of para-hydroxylation sites is 1. The standard InChI is InChI=1S/C15H13BrF3NO/c1-8(20-2)10-4-3-5-11(17)15(10)21-13-7-9(16)6-12(18)14(13)19/h3-8,20H,1-2H3. The molecule has 0 spiro atoms. The van der Waals surface area contributed by atoms with Gasteiger partial charge in [-0.3, -0.25) is 0 Å². The van der Waals surface area contributed by atoms with Gasteiger partial charge in [-0.05, 0) is 32.2 Å². The van der Waals surface area contributed by atoms with Crippen molar-refractivity contribution in [3.05, 3.63) is 57.8 Å². The van der Waals surface area contributed by atoms with Gasteiger partial charge in [0.25, 0.3) is 0 Å². The number of benzene rings is 2. The summed E-state index contributed by atoms with van der Waals surface area (Å²) in [5.41, 5.74) is 0.511. The Morgan fingerprint density at radius 1 is 1.14 bits per heavy atom. The number of hydrogen-bond acceptors (Lipinski definition) is 2. The highest BCUT2D eigenvalue weighted by atomic mass is 79.9. The highest BCUT2D eigenvalue weighted by Gasteiger charge is 2.19. The molecule has 2 nitrogen and oxygen atoms in total. The van der Waals surface area contributed by atoms with E-state index >= 15 is 0 Å². The first-order valence-corrected chi connectivity index (χ1v) is 7.01. The summed E-state index contributed by atoms with van der Waals surface area (Å²) in [5.74, 6) is -3.38. The van der Waals surface area contributed by atoms with E-state index in [1.165, 1.54) is 18.2 Å². The van der Waals surface area contributed by atoms with Crippen LogP contribution in [0.3, 0.4) is 0 Å². The molecule has 2 rings (SSSR count). The van der Waals surface area contributed by atoms with Crippen LogP contribution in [0.25, 0.3) is 0 Å². The van der Waals surface area contributed by atoms with Gasteiger partial charge in [0.05, 0.1) is 0 Å². The zero-order valence-electron chi connectivity index (χ0n) is 11.4. The third-order valence-electron chi connectivity index (χ3n) is 3.07. The first-order chi connectivity index (χ1) is 9.93. The summed E-state index contributed by atoms with van der Waals surface area (Å²) in [6.45, 7) is 1.81. The molecule has 1 unspecified atom stereocenters. The third kappa shape index (κ3) is 3.39. The van der Waals surface area contributed by atoms with Crippen LogP contribution >= 0.6 is 15.9 Å². The molecule has 0 aliphatic carbocycles. The van der Waals surface area contributed by atoms with E-state index < -0.39 is 17.5 Å². The number of halogens is 4. The molecule has 112 valence electrons. The minimum absolute atomic E-state index is 0.129. The molecule has 0 aliphatic heterocycles. The second kappa shape index (κ2) is 6.49. The van der Waals surface area contributed by atoms with E-state index in [9.17, 15) is 13.2 Å². The van der Waals surface area contributed by atoms with Crippen molar-refractivity contribution in [2.75, 3.05) is 7.05 Å². The quantitative estimate of drug-likeness (QED) is 0.780. The summed E-state index contributed by atoms with van der Waals surface area (Å²) in [6, 6.07) is 6.40. The third-order valence-corrected chi connectivity index (χ3v) is 3.53. The van der Waals surface area contributed by atoms with E-state index in [-0.39, 0.29) is 17.5 Å². The molecule has 0 heterocycles. The Balaban J connectivity index is 2.49. The van der Waals surface area contributed by atoms with Crippen LogP contribution in [0.1, 0.15) is 18.5 Å². The lowest BCUT2D eigenvalue weighted by Gasteiger charge is -2.17. The van der Waals surface area contributed by atoms with Gasteiger partial charge in [-0.1, -0.05) is 28.1 Å². The molecular formula is C15H13BrF3NO. The van der Waals surface area contributed by atoms with Gasteiger partial charge in [-0.2, -0.15) is 4.39 Å². The fraction of sp³-hybridized carbons (Fsp3) is 0.200. The maximum Gasteiger partial charge on any atom is 0.201 e. The molecule has 0 saturated heterocycles. The Morgan fingerprint density at radius 2 is 1.86 bits per heavy atom. The molecule has 0 radical (unpaired) electrons. The summed E-state index contributed by atoms with van der Waals surface area (Å²) < 4.78 is 46.7. The average Bonchev–Trinajstić information content (AvgIpc) is 2.45. The molecule has 1 N–H and O–H groups in total. The summed E-state index contributed by atoms with van der Waals surface area (Å²) in [5, 5.41) is 2.95. The second-order valence-electron chi connectivity index (χ2n) is 4.47. The fourth-order valence-corrected chi connectivity index (χ4v) is 2.26. The molecule has 0 amide bonds. The Hall–Kier alpha value is -1.53. The van der Waals surface area contributed by atoms with Gasteiger partial charge >= 0.3 is 0 Å². The summed E-state index contributed by atoms with van der Waals surface area (Å²) in [6.07, 6.45) is 0. The maximum absolute atomic E-state index is 14.0. The van der Waals surface area contributed by atoms with Crippen LogP contribution in [-0.4, -0.2) is 7.05 Å². The van der Waals surface area contributed by atoms with E-state index in [2.05, 4.69) is 21.2 Å². The van der Waals surface area contributed by atoms with Gasteiger partial charge in [0.2, 0.25) is 5.82 Å². The number of nitrogens with one attached hydrogen (secondary N) is 1. The smallest absolute Gasteiger partial charge is 0.201 e.